The molecule has 0 aliphatic heterocycles. The second kappa shape index (κ2) is 66.6. The van der Waals surface area contributed by atoms with E-state index in [1.807, 2.05) is 0 Å². The summed E-state index contributed by atoms with van der Waals surface area (Å²) in [7, 11) is 0. The number of hydrogen-bond acceptors (Lipinski definition) is 6. The number of rotatable bonds is 63. The van der Waals surface area contributed by atoms with Crippen LogP contribution in [-0.2, 0) is 28.6 Å². The highest BCUT2D eigenvalue weighted by Gasteiger charge is 2.19. The fraction of sp³-hybridized carbons (Fsp3) is 0.819. The molecule has 78 heavy (non-hydrogen) atoms. The van der Waals surface area contributed by atoms with Crippen molar-refractivity contribution >= 4 is 17.9 Å². The minimum Gasteiger partial charge on any atom is -0.462 e. The highest BCUT2D eigenvalue weighted by molar-refractivity contribution is 5.71. The standard InChI is InChI=1S/C72H130O6/c1-4-7-10-13-16-19-22-25-28-31-32-33-34-35-36-37-38-39-40-42-44-47-50-53-56-59-62-65-71(74)77-68-69(67-76-70(73)64-61-58-55-52-49-46-43-30-27-24-21-18-15-12-9-6-3)78-72(75)66-63-60-57-54-51-48-45-41-29-26-23-20-17-14-11-8-5-2/h8,11,17,20-21,24,26,29-30,43,69H,4-7,9-10,12-16,18-19,22-23,25,27-28,31-42,44-68H2,1-3H3/b11-8-,20-17-,24-21-,29-26-,43-30-. The molecule has 6 nitrogen and oxygen atoms in total. The molecule has 0 saturated carbocycles. The summed E-state index contributed by atoms with van der Waals surface area (Å²) in [6, 6.07) is 0. The lowest BCUT2D eigenvalue weighted by molar-refractivity contribution is -0.167. The van der Waals surface area contributed by atoms with Crippen LogP contribution in [0.1, 0.15) is 361 Å². The van der Waals surface area contributed by atoms with E-state index in [1.54, 1.807) is 0 Å². The van der Waals surface area contributed by atoms with E-state index in [0.717, 1.165) is 103 Å². The quantitative estimate of drug-likeness (QED) is 0.0261. The van der Waals surface area contributed by atoms with Crippen molar-refractivity contribution in [1.82, 2.24) is 0 Å². The van der Waals surface area contributed by atoms with Crippen LogP contribution in [0.25, 0.3) is 0 Å². The maximum absolute atomic E-state index is 12.9. The number of esters is 3. The Morgan fingerprint density at radius 1 is 0.269 bits per heavy atom. The molecule has 0 rings (SSSR count). The third kappa shape index (κ3) is 63.9. The third-order valence-electron chi connectivity index (χ3n) is 15.3. The van der Waals surface area contributed by atoms with Crippen LogP contribution in [0.2, 0.25) is 0 Å². The minimum absolute atomic E-state index is 0.0797. The first-order chi connectivity index (χ1) is 38.5. The summed E-state index contributed by atoms with van der Waals surface area (Å²) in [5.41, 5.74) is 0. The lowest BCUT2D eigenvalue weighted by Crippen LogP contribution is -2.30. The predicted molar refractivity (Wildman–Crippen MR) is 339 cm³/mol. The molecule has 0 aromatic carbocycles. The highest BCUT2D eigenvalue weighted by atomic mass is 16.6. The molecule has 0 aromatic heterocycles. The van der Waals surface area contributed by atoms with E-state index in [0.29, 0.717) is 19.3 Å². The number of carbonyl (C=O) groups excluding carboxylic acids is 3. The Balaban J connectivity index is 4.26. The summed E-state index contributed by atoms with van der Waals surface area (Å²) in [6.07, 6.45) is 85.3. The average molecular weight is 1090 g/mol. The molecule has 0 N–H and O–H groups in total. The second-order valence-corrected chi connectivity index (χ2v) is 23.1. The molecule has 0 aliphatic carbocycles. The van der Waals surface area contributed by atoms with Crippen LogP contribution in [0.5, 0.6) is 0 Å². The zero-order valence-electron chi connectivity index (χ0n) is 52.2. The van der Waals surface area contributed by atoms with Gasteiger partial charge in [-0.2, -0.15) is 0 Å². The second-order valence-electron chi connectivity index (χ2n) is 23.1. The Labute approximate surface area is 485 Å². The van der Waals surface area contributed by atoms with Gasteiger partial charge in [0.05, 0.1) is 0 Å². The van der Waals surface area contributed by atoms with Crippen LogP contribution < -0.4 is 0 Å². The van der Waals surface area contributed by atoms with Gasteiger partial charge in [0.15, 0.2) is 6.10 Å². The number of allylic oxidation sites excluding steroid dienone is 10. The van der Waals surface area contributed by atoms with Gasteiger partial charge in [-0.15, -0.1) is 0 Å². The maximum Gasteiger partial charge on any atom is 0.306 e. The van der Waals surface area contributed by atoms with Crippen molar-refractivity contribution in [3.8, 4) is 0 Å². The molecule has 0 aliphatic rings. The van der Waals surface area contributed by atoms with E-state index in [1.165, 1.54) is 218 Å². The zero-order valence-corrected chi connectivity index (χ0v) is 52.2. The molecule has 0 spiro atoms. The predicted octanol–water partition coefficient (Wildman–Crippen LogP) is 23.5. The largest absolute Gasteiger partial charge is 0.462 e. The number of carbonyl (C=O) groups is 3. The van der Waals surface area contributed by atoms with Crippen LogP contribution in [0.3, 0.4) is 0 Å². The molecule has 0 fully saturated rings. The Morgan fingerprint density at radius 2 is 0.500 bits per heavy atom. The molecule has 1 unspecified atom stereocenters. The van der Waals surface area contributed by atoms with E-state index in [4.69, 9.17) is 14.2 Å². The van der Waals surface area contributed by atoms with Crippen molar-refractivity contribution in [2.75, 3.05) is 13.2 Å². The first-order valence-corrected chi connectivity index (χ1v) is 34.3. The lowest BCUT2D eigenvalue weighted by atomic mass is 10.0. The summed E-state index contributed by atoms with van der Waals surface area (Å²) in [6.45, 7) is 6.55. The van der Waals surface area contributed by atoms with Crippen molar-refractivity contribution in [1.29, 1.82) is 0 Å². The molecule has 0 amide bonds. The van der Waals surface area contributed by atoms with Crippen molar-refractivity contribution in [3.05, 3.63) is 60.8 Å². The first kappa shape index (κ1) is 75.1. The van der Waals surface area contributed by atoms with Gasteiger partial charge >= 0.3 is 17.9 Å². The van der Waals surface area contributed by atoms with E-state index in [9.17, 15) is 14.4 Å². The van der Waals surface area contributed by atoms with Gasteiger partial charge in [0.2, 0.25) is 0 Å². The third-order valence-corrected chi connectivity index (χ3v) is 15.3. The van der Waals surface area contributed by atoms with Crippen LogP contribution in [-0.4, -0.2) is 37.2 Å². The smallest absolute Gasteiger partial charge is 0.306 e. The van der Waals surface area contributed by atoms with Crippen LogP contribution in [0, 0.1) is 0 Å². The van der Waals surface area contributed by atoms with Crippen LogP contribution in [0.15, 0.2) is 60.8 Å². The molecule has 0 aromatic rings. The number of hydrogen-bond donors (Lipinski definition) is 0. The van der Waals surface area contributed by atoms with E-state index < -0.39 is 6.10 Å². The van der Waals surface area contributed by atoms with Gasteiger partial charge in [0.25, 0.3) is 0 Å². The van der Waals surface area contributed by atoms with E-state index in [2.05, 4.69) is 81.5 Å². The van der Waals surface area contributed by atoms with Gasteiger partial charge in [-0.3, -0.25) is 14.4 Å². The monoisotopic (exact) mass is 1090 g/mol. The Morgan fingerprint density at radius 3 is 0.795 bits per heavy atom. The SMILES string of the molecule is CC/C=C\C/C=C\C/C=C\CCCCCCCCCC(=O)OC(COC(=O)CCCCCCC/C=C\C/C=C\CCCCCC)COC(=O)CCCCCCCCCCCCCCCCCCCCCCCCCCCCC. The van der Waals surface area contributed by atoms with E-state index in [-0.39, 0.29) is 31.1 Å². The van der Waals surface area contributed by atoms with Gasteiger partial charge in [0.1, 0.15) is 13.2 Å². The first-order valence-electron chi connectivity index (χ1n) is 34.3. The molecule has 0 bridgehead atoms. The average Bonchev–Trinajstić information content (AvgIpc) is 3.44. The summed E-state index contributed by atoms with van der Waals surface area (Å²) in [4.78, 5) is 38.4. The lowest BCUT2D eigenvalue weighted by Gasteiger charge is -2.18. The normalized spacial score (nSPS) is 12.4. The zero-order chi connectivity index (χ0) is 56.4. The van der Waals surface area contributed by atoms with Crippen LogP contribution >= 0.6 is 0 Å². The molecule has 0 radical (unpaired) electrons. The number of unbranched alkanes of at least 4 members (excludes halogenated alkanes) is 42. The van der Waals surface area contributed by atoms with Crippen molar-refractivity contribution in [2.45, 2.75) is 367 Å². The van der Waals surface area contributed by atoms with Gasteiger partial charge in [-0.25, -0.2) is 0 Å². The highest BCUT2D eigenvalue weighted by Crippen LogP contribution is 2.18. The molecule has 454 valence electrons. The molecule has 0 saturated heterocycles. The summed E-state index contributed by atoms with van der Waals surface area (Å²) in [5.74, 6) is -0.883. The fourth-order valence-electron chi connectivity index (χ4n) is 10.1. The minimum atomic E-state index is -0.786. The van der Waals surface area contributed by atoms with Crippen molar-refractivity contribution in [2.24, 2.45) is 0 Å². The number of ether oxygens (including phenoxy) is 3. The molecular formula is C72H130O6. The molecular weight excluding hydrogens is 961 g/mol. The Hall–Kier alpha value is -2.89. The van der Waals surface area contributed by atoms with Crippen molar-refractivity contribution < 1.29 is 28.6 Å². The van der Waals surface area contributed by atoms with Crippen LogP contribution in [0.4, 0.5) is 0 Å². The van der Waals surface area contributed by atoms with Gasteiger partial charge in [0, 0.05) is 19.3 Å². The summed E-state index contributed by atoms with van der Waals surface area (Å²) >= 11 is 0. The summed E-state index contributed by atoms with van der Waals surface area (Å²) in [5, 5.41) is 0. The van der Waals surface area contributed by atoms with Gasteiger partial charge < -0.3 is 14.2 Å². The van der Waals surface area contributed by atoms with Gasteiger partial charge in [-0.05, 0) is 83.5 Å². The maximum atomic E-state index is 12.9. The fourth-order valence-corrected chi connectivity index (χ4v) is 10.1. The molecule has 1 atom stereocenters. The summed E-state index contributed by atoms with van der Waals surface area (Å²) < 4.78 is 17.0. The van der Waals surface area contributed by atoms with Crippen molar-refractivity contribution in [3.63, 3.8) is 0 Å². The Bertz CT molecular complexity index is 1390. The van der Waals surface area contributed by atoms with E-state index >= 15 is 0 Å². The molecule has 0 heterocycles. The topological polar surface area (TPSA) is 78.9 Å². The molecule has 6 heteroatoms. The Kier molecular flexibility index (Phi) is 64.2. The van der Waals surface area contributed by atoms with Gasteiger partial charge in [-0.1, -0.05) is 319 Å².